The summed E-state index contributed by atoms with van der Waals surface area (Å²) in [6, 6.07) is 11.4. The number of nitrogens with one attached hydrogen (secondary N) is 1. The summed E-state index contributed by atoms with van der Waals surface area (Å²) in [7, 11) is -3.98. The number of benzene rings is 2. The molecule has 0 aromatic heterocycles. The minimum atomic E-state index is -3.98. The smallest absolute Gasteiger partial charge is 0.330 e. The summed E-state index contributed by atoms with van der Waals surface area (Å²) in [6.07, 6.45) is 0.436. The number of ether oxygens (including phenoxy) is 1. The Morgan fingerprint density at radius 1 is 1.16 bits per heavy atom. The Labute approximate surface area is 203 Å². The van der Waals surface area contributed by atoms with Gasteiger partial charge in [0.15, 0.2) is 5.96 Å². The van der Waals surface area contributed by atoms with Crippen molar-refractivity contribution >= 4 is 63.2 Å². The van der Waals surface area contributed by atoms with E-state index in [9.17, 15) is 13.2 Å². The Hall–Kier alpha value is -2.24. The lowest BCUT2D eigenvalue weighted by Crippen LogP contribution is -2.42. The number of halogens is 2. The van der Waals surface area contributed by atoms with Crippen molar-refractivity contribution in [2.45, 2.75) is 30.7 Å². The van der Waals surface area contributed by atoms with E-state index in [4.69, 9.17) is 40.0 Å². The van der Waals surface area contributed by atoms with E-state index in [1.165, 1.54) is 12.1 Å². The zero-order valence-corrected chi connectivity index (χ0v) is 20.4. The van der Waals surface area contributed by atoms with E-state index >= 15 is 0 Å². The van der Waals surface area contributed by atoms with Gasteiger partial charge in [0.2, 0.25) is 15.1 Å². The van der Waals surface area contributed by atoms with Crippen LogP contribution in [0.2, 0.25) is 5.02 Å². The summed E-state index contributed by atoms with van der Waals surface area (Å²) in [5.41, 5.74) is 12.0. The highest BCUT2D eigenvalue weighted by Gasteiger charge is 2.28. The Morgan fingerprint density at radius 3 is 2.31 bits per heavy atom. The van der Waals surface area contributed by atoms with E-state index in [0.29, 0.717) is 17.0 Å². The number of esters is 1. The van der Waals surface area contributed by atoms with Crippen LogP contribution in [0, 0.1) is 6.92 Å². The number of hydrogen-bond acceptors (Lipinski definition) is 6. The van der Waals surface area contributed by atoms with Gasteiger partial charge in [-0.25, -0.2) is 13.2 Å². The maximum Gasteiger partial charge on any atom is 0.330 e. The van der Waals surface area contributed by atoms with Crippen LogP contribution in [0.5, 0.6) is 0 Å². The van der Waals surface area contributed by atoms with Crippen molar-refractivity contribution in [1.82, 2.24) is 4.72 Å². The first-order valence-electron chi connectivity index (χ1n) is 9.24. The van der Waals surface area contributed by atoms with Gasteiger partial charge >= 0.3 is 5.97 Å². The van der Waals surface area contributed by atoms with Gasteiger partial charge in [-0.15, -0.1) is 12.4 Å². The predicted octanol–water partition coefficient (Wildman–Crippen LogP) is 2.69. The van der Waals surface area contributed by atoms with E-state index in [1.54, 1.807) is 36.4 Å². The minimum absolute atomic E-state index is 0. The molecule has 8 nitrogen and oxygen atoms in total. The third-order valence-corrected chi connectivity index (χ3v) is 6.19. The van der Waals surface area contributed by atoms with Gasteiger partial charge < -0.3 is 16.2 Å². The number of sulfonamides is 1. The van der Waals surface area contributed by atoms with Crippen LogP contribution < -0.4 is 16.2 Å². The van der Waals surface area contributed by atoms with E-state index < -0.39 is 22.0 Å². The highest BCUT2D eigenvalue weighted by Crippen LogP contribution is 2.15. The van der Waals surface area contributed by atoms with Gasteiger partial charge in [-0.1, -0.05) is 29.3 Å². The standard InChI is InChI=1S/C20H23ClN4O4S2.ClH/c1-13-4-10-16(11-5-13)31(27,28)25-17(3-2-12-24-20(22)23)18(26)29-19(30)14-6-8-15(21)9-7-14;/h4-11,17,25H,2-3,12H2,1H3,(H4,22,23,24);1H/t17-;/m0./s1. The second-order valence-electron chi connectivity index (χ2n) is 6.65. The lowest BCUT2D eigenvalue weighted by molar-refractivity contribution is -0.137. The molecule has 0 amide bonds. The monoisotopic (exact) mass is 518 g/mol. The average Bonchev–Trinajstić information content (AvgIpc) is 2.70. The summed E-state index contributed by atoms with van der Waals surface area (Å²) >= 11 is 11.0. The fourth-order valence-corrected chi connectivity index (χ4v) is 4.07. The average molecular weight is 519 g/mol. The van der Waals surface area contributed by atoms with Gasteiger partial charge in [-0.05, 0) is 68.4 Å². The van der Waals surface area contributed by atoms with Crippen molar-refractivity contribution in [3.8, 4) is 0 Å². The molecule has 1 atom stereocenters. The quantitative estimate of drug-likeness (QED) is 0.152. The molecule has 0 aliphatic heterocycles. The van der Waals surface area contributed by atoms with Crippen molar-refractivity contribution in [2.24, 2.45) is 16.5 Å². The van der Waals surface area contributed by atoms with Crippen LogP contribution in [-0.4, -0.2) is 38.0 Å². The normalized spacial score (nSPS) is 11.7. The number of rotatable bonds is 9. The second-order valence-corrected chi connectivity index (χ2v) is 9.17. The van der Waals surface area contributed by atoms with Crippen LogP contribution in [0.25, 0.3) is 0 Å². The molecule has 5 N–H and O–H groups in total. The van der Waals surface area contributed by atoms with E-state index in [2.05, 4.69) is 9.71 Å². The first kappa shape index (κ1) is 27.8. The topological polar surface area (TPSA) is 137 Å². The number of aliphatic imine (C=N–C) groups is 1. The molecule has 2 rings (SSSR count). The van der Waals surface area contributed by atoms with Gasteiger partial charge in [0.25, 0.3) is 0 Å². The van der Waals surface area contributed by atoms with Gasteiger partial charge in [0, 0.05) is 17.1 Å². The van der Waals surface area contributed by atoms with Crippen LogP contribution >= 0.6 is 36.2 Å². The summed E-state index contributed by atoms with van der Waals surface area (Å²) in [4.78, 5) is 16.6. The Morgan fingerprint density at radius 2 is 1.75 bits per heavy atom. The van der Waals surface area contributed by atoms with E-state index in [0.717, 1.165) is 5.56 Å². The molecule has 0 saturated heterocycles. The van der Waals surface area contributed by atoms with Crippen molar-refractivity contribution in [3.63, 3.8) is 0 Å². The van der Waals surface area contributed by atoms with Crippen LogP contribution in [0.4, 0.5) is 0 Å². The largest absolute Gasteiger partial charge is 0.413 e. The maximum absolute atomic E-state index is 12.8. The molecule has 0 aliphatic rings. The lowest BCUT2D eigenvalue weighted by atomic mass is 10.1. The highest BCUT2D eigenvalue weighted by molar-refractivity contribution is 7.89. The molecule has 0 fully saturated rings. The fraction of sp³-hybridized carbons (Fsp3) is 0.250. The fourth-order valence-electron chi connectivity index (χ4n) is 2.51. The summed E-state index contributed by atoms with van der Waals surface area (Å²) in [5.74, 6) is -0.927. The summed E-state index contributed by atoms with van der Waals surface area (Å²) in [6.45, 7) is 2.06. The molecule has 0 spiro atoms. The molecule has 0 radical (unpaired) electrons. The van der Waals surface area contributed by atoms with Crippen LogP contribution in [0.3, 0.4) is 0 Å². The SMILES string of the molecule is Cc1ccc(S(=O)(=O)N[C@@H](CCCN=C(N)N)C(=O)OC(=S)c2ccc(Cl)cc2)cc1.Cl. The number of nitrogens with zero attached hydrogens (tertiary/aromatic N) is 1. The zero-order chi connectivity index (χ0) is 23.0. The zero-order valence-electron chi connectivity index (χ0n) is 17.2. The van der Waals surface area contributed by atoms with Gasteiger partial charge in [0.05, 0.1) is 4.90 Å². The van der Waals surface area contributed by atoms with Crippen molar-refractivity contribution in [1.29, 1.82) is 0 Å². The molecular formula is C20H24Cl2N4O4S2. The molecule has 0 bridgehead atoms. The van der Waals surface area contributed by atoms with Crippen molar-refractivity contribution in [2.75, 3.05) is 6.54 Å². The second kappa shape index (κ2) is 12.7. The van der Waals surface area contributed by atoms with Crippen LogP contribution in [0.1, 0.15) is 24.0 Å². The Balaban J connectivity index is 0.00000512. The van der Waals surface area contributed by atoms with Crippen molar-refractivity contribution < 1.29 is 17.9 Å². The third kappa shape index (κ3) is 8.71. The number of guanidine groups is 1. The van der Waals surface area contributed by atoms with Gasteiger partial charge in [-0.2, -0.15) is 4.72 Å². The minimum Gasteiger partial charge on any atom is -0.413 e. The molecule has 0 saturated carbocycles. The number of hydrogen-bond donors (Lipinski definition) is 3. The summed E-state index contributed by atoms with van der Waals surface area (Å²) in [5, 5.41) is 0.409. The van der Waals surface area contributed by atoms with Gasteiger partial charge in [-0.3, -0.25) is 4.99 Å². The lowest BCUT2D eigenvalue weighted by Gasteiger charge is -2.18. The summed E-state index contributed by atoms with van der Waals surface area (Å²) < 4.78 is 33.2. The van der Waals surface area contributed by atoms with Gasteiger partial charge in [0.1, 0.15) is 6.04 Å². The first-order valence-corrected chi connectivity index (χ1v) is 11.5. The molecule has 0 heterocycles. The highest BCUT2D eigenvalue weighted by atomic mass is 35.5. The maximum atomic E-state index is 12.8. The number of aryl methyl sites for hydroxylation is 1. The van der Waals surface area contributed by atoms with E-state index in [-0.39, 0.29) is 41.3 Å². The number of nitrogens with two attached hydrogens (primary N) is 2. The molecular weight excluding hydrogens is 495 g/mol. The molecule has 0 aliphatic carbocycles. The van der Waals surface area contributed by atoms with Crippen LogP contribution in [0.15, 0.2) is 58.4 Å². The Kier molecular flexibility index (Phi) is 11.0. The third-order valence-electron chi connectivity index (χ3n) is 4.13. The molecule has 2 aromatic rings. The van der Waals surface area contributed by atoms with E-state index in [1.807, 2.05) is 6.92 Å². The number of carbonyl (C=O) groups excluding carboxylic acids is 1. The molecule has 32 heavy (non-hydrogen) atoms. The molecule has 174 valence electrons. The van der Waals surface area contributed by atoms with Crippen LogP contribution in [-0.2, 0) is 19.6 Å². The Bertz CT molecular complexity index is 1060. The molecule has 0 unspecified atom stereocenters. The molecule has 12 heteroatoms. The first-order chi connectivity index (χ1) is 14.6. The predicted molar refractivity (Wildman–Crippen MR) is 132 cm³/mol. The van der Waals surface area contributed by atoms with Crippen molar-refractivity contribution in [3.05, 3.63) is 64.7 Å². The molecule has 2 aromatic carbocycles. The number of thiocarbonyl (C=S) groups is 1. The number of carbonyl (C=O) groups is 1.